The van der Waals surface area contributed by atoms with E-state index in [1.54, 1.807) is 0 Å². The molecule has 11 unspecified atom stereocenters. The molecule has 15 nitrogen and oxygen atoms in total. The maximum Gasteiger partial charge on any atom is 0.306 e. The van der Waals surface area contributed by atoms with Crippen LogP contribution in [0.4, 0.5) is 0 Å². The molecular weight excluding hydrogens is 865 g/mol. The van der Waals surface area contributed by atoms with Crippen LogP contribution in [0.2, 0.25) is 0 Å². The Hall–Kier alpha value is -3.06. The van der Waals surface area contributed by atoms with Gasteiger partial charge in [0.1, 0.15) is 55.4 Å². The van der Waals surface area contributed by atoms with Crippen molar-refractivity contribution in [3.8, 4) is 0 Å². The lowest BCUT2D eigenvalue weighted by molar-refractivity contribution is -0.332. The molecule has 0 aromatic rings. The minimum Gasteiger partial charge on any atom is -0.462 e. The van der Waals surface area contributed by atoms with Crippen LogP contribution in [0.15, 0.2) is 72.9 Å². The zero-order valence-corrected chi connectivity index (χ0v) is 40.4. The van der Waals surface area contributed by atoms with Gasteiger partial charge in [0.15, 0.2) is 18.7 Å². The first-order valence-electron chi connectivity index (χ1n) is 25.0. The lowest BCUT2D eigenvalue weighted by Crippen LogP contribution is -2.61. The average Bonchev–Trinajstić information content (AvgIpc) is 3.32. The highest BCUT2D eigenvalue weighted by Gasteiger charge is 2.47. The predicted molar refractivity (Wildman–Crippen MR) is 256 cm³/mol. The molecule has 2 fully saturated rings. The second kappa shape index (κ2) is 38.8. The van der Waals surface area contributed by atoms with Gasteiger partial charge in [-0.25, -0.2) is 0 Å². The van der Waals surface area contributed by atoms with Crippen LogP contribution >= 0.6 is 0 Å². The van der Waals surface area contributed by atoms with E-state index in [9.17, 15) is 45.3 Å². The van der Waals surface area contributed by atoms with Crippen LogP contribution in [0.3, 0.4) is 0 Å². The normalized spacial score (nSPS) is 26.6. The van der Waals surface area contributed by atoms with Gasteiger partial charge in [-0.05, 0) is 83.5 Å². The molecule has 0 aromatic carbocycles. The maximum absolute atomic E-state index is 13.0. The minimum absolute atomic E-state index is 0.121. The van der Waals surface area contributed by atoms with Crippen molar-refractivity contribution in [2.45, 2.75) is 216 Å². The molecule has 0 aromatic heterocycles. The number of rotatable bonds is 37. The largest absolute Gasteiger partial charge is 0.462 e. The number of esters is 2. The first-order valence-corrected chi connectivity index (χ1v) is 25.0. The van der Waals surface area contributed by atoms with Crippen molar-refractivity contribution in [3.63, 3.8) is 0 Å². The van der Waals surface area contributed by atoms with E-state index < -0.39 is 99.3 Å². The van der Waals surface area contributed by atoms with Gasteiger partial charge in [-0.3, -0.25) is 9.59 Å². The third kappa shape index (κ3) is 27.1. The molecule has 67 heavy (non-hydrogen) atoms. The van der Waals surface area contributed by atoms with E-state index in [0.717, 1.165) is 89.9 Å². The van der Waals surface area contributed by atoms with E-state index in [1.807, 2.05) is 0 Å². The van der Waals surface area contributed by atoms with Crippen molar-refractivity contribution >= 4 is 11.9 Å². The number of aliphatic hydroxyl groups is 7. The molecule has 7 N–H and O–H groups in total. The lowest BCUT2D eigenvalue weighted by atomic mass is 9.98. The van der Waals surface area contributed by atoms with E-state index in [-0.39, 0.29) is 19.4 Å². The van der Waals surface area contributed by atoms with Crippen LogP contribution in [-0.2, 0) is 38.0 Å². The smallest absolute Gasteiger partial charge is 0.306 e. The number of allylic oxidation sites excluding steroid dienone is 12. The summed E-state index contributed by atoms with van der Waals surface area (Å²) in [5.74, 6) is -0.981. The number of unbranched alkanes of at least 4 members (excludes halogenated alkanes) is 11. The van der Waals surface area contributed by atoms with E-state index in [2.05, 4.69) is 86.8 Å². The first kappa shape index (κ1) is 60.1. The van der Waals surface area contributed by atoms with Crippen molar-refractivity contribution in [2.24, 2.45) is 0 Å². The van der Waals surface area contributed by atoms with Crippen molar-refractivity contribution in [2.75, 3.05) is 26.4 Å². The van der Waals surface area contributed by atoms with Gasteiger partial charge >= 0.3 is 11.9 Å². The predicted octanol–water partition coefficient (Wildman–Crippen LogP) is 6.65. The van der Waals surface area contributed by atoms with Crippen LogP contribution in [-0.4, -0.2) is 142 Å². The molecule has 2 saturated heterocycles. The molecule has 2 rings (SSSR count). The molecule has 2 aliphatic rings. The summed E-state index contributed by atoms with van der Waals surface area (Å²) in [5, 5.41) is 72.0. The molecule has 11 atom stereocenters. The summed E-state index contributed by atoms with van der Waals surface area (Å²) in [5.41, 5.74) is 0. The van der Waals surface area contributed by atoms with Crippen LogP contribution < -0.4 is 0 Å². The highest BCUT2D eigenvalue weighted by atomic mass is 16.7. The summed E-state index contributed by atoms with van der Waals surface area (Å²) < 4.78 is 33.5. The number of aliphatic hydroxyl groups excluding tert-OH is 7. The van der Waals surface area contributed by atoms with Crippen LogP contribution in [0, 0.1) is 0 Å². The fourth-order valence-electron chi connectivity index (χ4n) is 7.29. The second-order valence-electron chi connectivity index (χ2n) is 17.3. The average molecular weight is 951 g/mol. The van der Waals surface area contributed by atoms with Gasteiger partial charge in [-0.1, -0.05) is 125 Å². The van der Waals surface area contributed by atoms with Crippen molar-refractivity contribution in [1.29, 1.82) is 0 Å². The summed E-state index contributed by atoms with van der Waals surface area (Å²) in [4.78, 5) is 25.7. The van der Waals surface area contributed by atoms with Gasteiger partial charge in [0.2, 0.25) is 0 Å². The molecule has 0 spiro atoms. The fraction of sp³-hybridized carbons (Fsp3) is 0.731. The SMILES string of the molecule is CC/C=C\C/C=C\C/C=C\C/C=C\C/C=C\CCCCCC(=O)OC(COC(=O)CCCCCCC/C=C\CCCCC)COC1OC(COC2OC(CO)C(O)C(O)C2O)C(O)C(O)C1O. The van der Waals surface area contributed by atoms with Crippen molar-refractivity contribution < 1.29 is 73.8 Å². The number of carbonyl (C=O) groups excluding carboxylic acids is 2. The van der Waals surface area contributed by atoms with E-state index in [4.69, 9.17) is 28.4 Å². The van der Waals surface area contributed by atoms with Crippen LogP contribution in [0.25, 0.3) is 0 Å². The number of hydrogen-bond acceptors (Lipinski definition) is 15. The van der Waals surface area contributed by atoms with Gasteiger partial charge in [-0.15, -0.1) is 0 Å². The maximum atomic E-state index is 13.0. The Morgan fingerprint density at radius 1 is 0.493 bits per heavy atom. The Bertz CT molecular complexity index is 1440. The molecule has 0 saturated carbocycles. The topological polar surface area (TPSA) is 231 Å². The van der Waals surface area contributed by atoms with Crippen molar-refractivity contribution in [3.05, 3.63) is 72.9 Å². The zero-order chi connectivity index (χ0) is 48.9. The standard InChI is InChI=1S/C52H86O15/c1-3-5-7-9-11-13-15-17-18-19-20-21-22-23-25-27-29-31-33-35-44(55)65-40(37-62-43(54)34-32-30-28-26-24-16-14-12-10-8-6-4-2)38-63-51-50(61)48(59)46(57)42(67-51)39-64-52-49(60)47(58)45(56)41(36-53)66-52/h5,7,11-14,17-18,20-21,23,25,40-42,45-53,56-61H,3-4,6,8-10,15-16,19,22,24,26-39H2,1-2H3/b7-5-,13-11-,14-12-,18-17-,21-20-,25-23-. The molecule has 0 bridgehead atoms. The number of hydrogen-bond donors (Lipinski definition) is 7. The van der Waals surface area contributed by atoms with E-state index in [0.29, 0.717) is 12.8 Å². The summed E-state index contributed by atoms with van der Waals surface area (Å²) >= 11 is 0. The Morgan fingerprint density at radius 2 is 0.940 bits per heavy atom. The molecule has 2 heterocycles. The molecular formula is C52H86O15. The van der Waals surface area contributed by atoms with Gasteiger partial charge < -0.3 is 64.2 Å². The Morgan fingerprint density at radius 3 is 1.51 bits per heavy atom. The van der Waals surface area contributed by atoms with E-state index in [1.165, 1.54) is 19.3 Å². The molecule has 0 amide bonds. The summed E-state index contributed by atoms with van der Waals surface area (Å²) in [6.45, 7) is 2.38. The van der Waals surface area contributed by atoms with Crippen LogP contribution in [0.5, 0.6) is 0 Å². The summed E-state index contributed by atoms with van der Waals surface area (Å²) in [6.07, 6.45) is 27.9. The highest BCUT2D eigenvalue weighted by molar-refractivity contribution is 5.70. The second-order valence-corrected chi connectivity index (χ2v) is 17.3. The molecule has 15 heteroatoms. The van der Waals surface area contributed by atoms with Gasteiger partial charge in [0, 0.05) is 12.8 Å². The number of carbonyl (C=O) groups is 2. The monoisotopic (exact) mass is 951 g/mol. The highest BCUT2D eigenvalue weighted by Crippen LogP contribution is 2.26. The Labute approximate surface area is 400 Å². The fourth-order valence-corrected chi connectivity index (χ4v) is 7.29. The Kier molecular flexibility index (Phi) is 34.7. The molecule has 384 valence electrons. The lowest BCUT2D eigenvalue weighted by Gasteiger charge is -2.42. The molecule has 0 aliphatic carbocycles. The molecule has 0 radical (unpaired) electrons. The van der Waals surface area contributed by atoms with Gasteiger partial charge in [0.05, 0.1) is 19.8 Å². The minimum atomic E-state index is -1.78. The third-order valence-electron chi connectivity index (χ3n) is 11.4. The quantitative estimate of drug-likeness (QED) is 0.0196. The molecule has 2 aliphatic heterocycles. The van der Waals surface area contributed by atoms with E-state index >= 15 is 0 Å². The Balaban J connectivity index is 1.84. The third-order valence-corrected chi connectivity index (χ3v) is 11.4. The van der Waals surface area contributed by atoms with Gasteiger partial charge in [-0.2, -0.15) is 0 Å². The zero-order valence-electron chi connectivity index (χ0n) is 40.4. The summed E-state index contributed by atoms with van der Waals surface area (Å²) in [6, 6.07) is 0. The first-order chi connectivity index (χ1) is 32.5. The van der Waals surface area contributed by atoms with Crippen molar-refractivity contribution in [1.82, 2.24) is 0 Å². The van der Waals surface area contributed by atoms with Gasteiger partial charge in [0.25, 0.3) is 0 Å². The summed E-state index contributed by atoms with van der Waals surface area (Å²) in [7, 11) is 0. The van der Waals surface area contributed by atoms with Crippen LogP contribution in [0.1, 0.15) is 149 Å². The number of ether oxygens (including phenoxy) is 6.